The summed E-state index contributed by atoms with van der Waals surface area (Å²) in [6, 6.07) is 5.76. The molecule has 0 saturated heterocycles. The molecule has 1 unspecified atom stereocenters. The topological polar surface area (TPSA) is 93.5 Å². The number of benzene rings is 1. The predicted octanol–water partition coefficient (Wildman–Crippen LogP) is 5.64. The van der Waals surface area contributed by atoms with Crippen molar-refractivity contribution in [3.8, 4) is 23.0 Å². The Labute approximate surface area is 188 Å². The average Bonchev–Trinajstić information content (AvgIpc) is 3.34. The van der Waals surface area contributed by atoms with E-state index >= 15 is 0 Å². The molecule has 3 aromatic heterocycles. The van der Waals surface area contributed by atoms with E-state index in [1.54, 1.807) is 25.1 Å². The molecule has 3 heterocycles. The quantitative estimate of drug-likeness (QED) is 0.393. The van der Waals surface area contributed by atoms with Crippen LogP contribution in [0.1, 0.15) is 18.1 Å². The summed E-state index contributed by atoms with van der Waals surface area (Å²) in [6.07, 6.45) is -2.10. The molecule has 0 aliphatic heterocycles. The number of carboxylic acids is 1. The molecule has 0 aliphatic rings. The molecule has 0 radical (unpaired) electrons. The zero-order chi connectivity index (χ0) is 23.2. The number of hydrogen-bond acceptors (Lipinski definition) is 5. The number of alkyl halides is 3. The molecule has 1 aromatic carbocycles. The second-order valence-corrected chi connectivity index (χ2v) is 7.93. The highest BCUT2D eigenvalue weighted by molar-refractivity contribution is 6.33. The second-order valence-electron chi connectivity index (χ2n) is 7.11. The van der Waals surface area contributed by atoms with Gasteiger partial charge >= 0.3 is 12.1 Å². The second kappa shape index (κ2) is 8.10. The smallest absolute Gasteiger partial charge is 0.417 e. The third-order valence-electron chi connectivity index (χ3n) is 4.72. The Morgan fingerprint density at radius 1 is 1.19 bits per heavy atom. The van der Waals surface area contributed by atoms with Crippen molar-refractivity contribution in [3.05, 3.63) is 57.8 Å². The van der Waals surface area contributed by atoms with Crippen molar-refractivity contribution in [1.82, 2.24) is 19.5 Å². The highest BCUT2D eigenvalue weighted by atomic mass is 35.5. The highest BCUT2D eigenvalue weighted by Crippen LogP contribution is 2.34. The molecule has 12 heteroatoms. The fourth-order valence-electron chi connectivity index (χ4n) is 3.06. The molecule has 166 valence electrons. The Balaban J connectivity index is 1.65. The lowest BCUT2D eigenvalue weighted by Gasteiger charge is -2.07. The van der Waals surface area contributed by atoms with Crippen LogP contribution in [0, 0.1) is 5.92 Å². The van der Waals surface area contributed by atoms with E-state index in [1.807, 2.05) is 0 Å². The summed E-state index contributed by atoms with van der Waals surface area (Å²) in [5.41, 5.74) is 0.481. The predicted molar refractivity (Wildman–Crippen MR) is 109 cm³/mol. The highest BCUT2D eigenvalue weighted by Gasteiger charge is 2.32. The van der Waals surface area contributed by atoms with Crippen LogP contribution in [0.25, 0.3) is 28.6 Å². The van der Waals surface area contributed by atoms with Gasteiger partial charge in [0.2, 0.25) is 5.82 Å². The van der Waals surface area contributed by atoms with Crippen LogP contribution in [0.3, 0.4) is 0 Å². The first-order chi connectivity index (χ1) is 15.0. The van der Waals surface area contributed by atoms with Gasteiger partial charge in [0.25, 0.3) is 5.89 Å². The zero-order valence-electron chi connectivity index (χ0n) is 16.2. The zero-order valence-corrected chi connectivity index (χ0v) is 17.7. The SMILES string of the molecule is CC(Cc1ccc(-c2noc(-c3cn4cc(C(F)(F)F)cc(Cl)c4n3)n2)c(Cl)c1)C(=O)O. The van der Waals surface area contributed by atoms with Gasteiger partial charge in [0, 0.05) is 18.0 Å². The fraction of sp³-hybridized carbons (Fsp3) is 0.200. The summed E-state index contributed by atoms with van der Waals surface area (Å²) in [7, 11) is 0. The van der Waals surface area contributed by atoms with Crippen LogP contribution in [-0.2, 0) is 17.4 Å². The number of aliphatic carboxylic acids is 1. The molecule has 0 aliphatic carbocycles. The van der Waals surface area contributed by atoms with Crippen molar-refractivity contribution in [2.24, 2.45) is 5.92 Å². The summed E-state index contributed by atoms with van der Waals surface area (Å²) >= 11 is 12.3. The Kier molecular flexibility index (Phi) is 5.59. The van der Waals surface area contributed by atoms with E-state index in [9.17, 15) is 18.0 Å². The largest absolute Gasteiger partial charge is 0.481 e. The van der Waals surface area contributed by atoms with Crippen LogP contribution in [0.2, 0.25) is 10.0 Å². The van der Waals surface area contributed by atoms with Crippen LogP contribution in [0.15, 0.2) is 41.2 Å². The Morgan fingerprint density at radius 3 is 2.59 bits per heavy atom. The van der Waals surface area contributed by atoms with Crippen molar-refractivity contribution in [1.29, 1.82) is 0 Å². The van der Waals surface area contributed by atoms with E-state index in [-0.39, 0.29) is 28.1 Å². The summed E-state index contributed by atoms with van der Waals surface area (Å²) in [4.78, 5) is 19.4. The van der Waals surface area contributed by atoms with Crippen molar-refractivity contribution < 1.29 is 27.6 Å². The first-order valence-corrected chi connectivity index (χ1v) is 9.89. The van der Waals surface area contributed by atoms with E-state index in [0.717, 1.165) is 22.2 Å². The number of rotatable bonds is 5. The van der Waals surface area contributed by atoms with Gasteiger partial charge in [-0.15, -0.1) is 0 Å². The Hall–Kier alpha value is -3.11. The minimum absolute atomic E-state index is 0.0343. The number of carboxylic acid groups (broad SMARTS) is 1. The molecule has 1 atom stereocenters. The van der Waals surface area contributed by atoms with Crippen LogP contribution in [0.5, 0.6) is 0 Å². The molecule has 4 aromatic rings. The van der Waals surface area contributed by atoms with E-state index in [0.29, 0.717) is 17.0 Å². The van der Waals surface area contributed by atoms with Gasteiger partial charge in [-0.25, -0.2) is 4.98 Å². The Morgan fingerprint density at radius 2 is 1.94 bits per heavy atom. The van der Waals surface area contributed by atoms with Crippen molar-refractivity contribution >= 4 is 34.8 Å². The first-order valence-electron chi connectivity index (χ1n) is 9.14. The monoisotopic (exact) mass is 484 g/mol. The van der Waals surface area contributed by atoms with Crippen LogP contribution < -0.4 is 0 Å². The van der Waals surface area contributed by atoms with E-state index in [4.69, 9.17) is 32.8 Å². The van der Waals surface area contributed by atoms with Crippen molar-refractivity contribution in [2.75, 3.05) is 0 Å². The molecule has 32 heavy (non-hydrogen) atoms. The van der Waals surface area contributed by atoms with Gasteiger partial charge in [-0.3, -0.25) is 4.79 Å². The number of nitrogens with zero attached hydrogens (tertiary/aromatic N) is 4. The van der Waals surface area contributed by atoms with E-state index < -0.39 is 23.6 Å². The first kappa shape index (κ1) is 22.1. The lowest BCUT2D eigenvalue weighted by Crippen LogP contribution is -2.12. The maximum absolute atomic E-state index is 13.0. The van der Waals surface area contributed by atoms with Gasteiger partial charge in [0.15, 0.2) is 5.65 Å². The number of imidazole rings is 1. The van der Waals surface area contributed by atoms with Gasteiger partial charge in [-0.1, -0.05) is 41.3 Å². The standard InChI is InChI=1S/C20H13Cl2F3N4O3/c1-9(19(30)31)4-10-2-3-12(13(21)5-10)16-27-18(32-28-16)15-8-29-7-11(20(23,24)25)6-14(22)17(29)26-15/h2-3,5-9H,4H2,1H3,(H,30,31). The molecule has 0 amide bonds. The summed E-state index contributed by atoms with van der Waals surface area (Å²) in [5, 5.41) is 13.0. The minimum Gasteiger partial charge on any atom is -0.481 e. The average molecular weight is 485 g/mol. The van der Waals surface area contributed by atoms with E-state index in [1.165, 1.54) is 6.20 Å². The van der Waals surface area contributed by atoms with Crippen LogP contribution in [0.4, 0.5) is 13.2 Å². The molecule has 0 saturated carbocycles. The van der Waals surface area contributed by atoms with Crippen molar-refractivity contribution in [2.45, 2.75) is 19.5 Å². The van der Waals surface area contributed by atoms with Crippen molar-refractivity contribution in [3.63, 3.8) is 0 Å². The third-order valence-corrected chi connectivity index (χ3v) is 5.31. The van der Waals surface area contributed by atoms with E-state index in [2.05, 4.69) is 15.1 Å². The summed E-state index contributed by atoms with van der Waals surface area (Å²) in [6.45, 7) is 1.59. The maximum Gasteiger partial charge on any atom is 0.417 e. The Bertz CT molecular complexity index is 1330. The molecule has 1 N–H and O–H groups in total. The van der Waals surface area contributed by atoms with Gasteiger partial charge in [-0.05, 0) is 30.2 Å². The van der Waals surface area contributed by atoms with Gasteiger partial charge in [0.1, 0.15) is 5.69 Å². The molecule has 4 rings (SSSR count). The summed E-state index contributed by atoms with van der Waals surface area (Å²) < 4.78 is 45.4. The number of fused-ring (bicyclic) bond motifs is 1. The number of pyridine rings is 1. The normalized spacial score (nSPS) is 12.9. The molecule has 7 nitrogen and oxygen atoms in total. The number of hydrogen-bond donors (Lipinski definition) is 1. The molecular formula is C20H13Cl2F3N4O3. The van der Waals surface area contributed by atoms with Gasteiger partial charge < -0.3 is 14.0 Å². The maximum atomic E-state index is 13.0. The molecule has 0 bridgehead atoms. The van der Waals surface area contributed by atoms with Gasteiger partial charge in [-0.2, -0.15) is 18.2 Å². The minimum atomic E-state index is -4.56. The molecular weight excluding hydrogens is 472 g/mol. The van der Waals surface area contributed by atoms with Gasteiger partial charge in [0.05, 0.1) is 21.5 Å². The van der Waals surface area contributed by atoms with Crippen LogP contribution in [-0.4, -0.2) is 30.6 Å². The lowest BCUT2D eigenvalue weighted by molar-refractivity contribution is -0.141. The lowest BCUT2D eigenvalue weighted by atomic mass is 10.00. The summed E-state index contributed by atoms with van der Waals surface area (Å²) in [5.74, 6) is -1.38. The number of halogens is 5. The molecule has 0 spiro atoms. The van der Waals surface area contributed by atoms with Crippen LogP contribution >= 0.6 is 23.2 Å². The molecule has 0 fully saturated rings. The third kappa shape index (κ3) is 4.28. The number of carbonyl (C=O) groups is 1. The number of aromatic nitrogens is 4. The fourth-order valence-corrected chi connectivity index (χ4v) is 3.60.